The standard InChI is InChI=1S/C17H17FN4O4S/c1-26-16-7-14(23)4-2-11(16)8-21-27(24,25)17-6-13(19)3-5-15(17)22-10-12(18)9-20-22/h2-7,9-10,21,23H,8,19H2,1H3. The average Bonchev–Trinajstić information content (AvgIpc) is 3.06. The number of aromatic hydroxyl groups is 1. The maximum atomic E-state index is 13.3. The van der Waals surface area contributed by atoms with E-state index in [0.29, 0.717) is 11.3 Å². The number of anilines is 1. The lowest BCUT2D eigenvalue weighted by Gasteiger charge is -2.14. The number of benzene rings is 2. The van der Waals surface area contributed by atoms with Gasteiger partial charge in [0.15, 0.2) is 5.82 Å². The van der Waals surface area contributed by atoms with Gasteiger partial charge in [0, 0.05) is 23.9 Å². The van der Waals surface area contributed by atoms with Crippen molar-refractivity contribution in [1.82, 2.24) is 14.5 Å². The minimum absolute atomic E-state index is 0.00251. The molecule has 10 heteroatoms. The topological polar surface area (TPSA) is 119 Å². The lowest BCUT2D eigenvalue weighted by Crippen LogP contribution is -2.25. The van der Waals surface area contributed by atoms with Crippen LogP contribution in [0.3, 0.4) is 0 Å². The molecule has 0 aliphatic rings. The Bertz CT molecular complexity index is 1080. The predicted octanol–water partition coefficient (Wildman–Crippen LogP) is 1.79. The zero-order valence-corrected chi connectivity index (χ0v) is 15.1. The number of phenolic OH excluding ortho intramolecular Hbond substituents is 1. The number of halogens is 1. The van der Waals surface area contributed by atoms with Crippen molar-refractivity contribution >= 4 is 15.7 Å². The van der Waals surface area contributed by atoms with E-state index < -0.39 is 15.8 Å². The highest BCUT2D eigenvalue weighted by Crippen LogP contribution is 2.26. The Morgan fingerprint density at radius 3 is 2.74 bits per heavy atom. The number of ether oxygens (including phenoxy) is 1. The van der Waals surface area contributed by atoms with E-state index >= 15 is 0 Å². The van der Waals surface area contributed by atoms with E-state index in [4.69, 9.17) is 10.5 Å². The van der Waals surface area contributed by atoms with Crippen LogP contribution in [0.25, 0.3) is 5.69 Å². The Morgan fingerprint density at radius 2 is 2.07 bits per heavy atom. The van der Waals surface area contributed by atoms with Gasteiger partial charge in [0.2, 0.25) is 10.0 Å². The van der Waals surface area contributed by atoms with Gasteiger partial charge in [-0.1, -0.05) is 6.07 Å². The number of phenols is 1. The smallest absolute Gasteiger partial charge is 0.243 e. The van der Waals surface area contributed by atoms with Gasteiger partial charge < -0.3 is 15.6 Å². The second-order valence-electron chi connectivity index (χ2n) is 5.65. The monoisotopic (exact) mass is 392 g/mol. The fourth-order valence-corrected chi connectivity index (χ4v) is 3.73. The van der Waals surface area contributed by atoms with Gasteiger partial charge in [-0.2, -0.15) is 5.10 Å². The van der Waals surface area contributed by atoms with Gasteiger partial charge in [-0.05, 0) is 24.3 Å². The third kappa shape index (κ3) is 4.01. The maximum Gasteiger partial charge on any atom is 0.243 e. The van der Waals surface area contributed by atoms with Gasteiger partial charge in [-0.25, -0.2) is 22.2 Å². The summed E-state index contributed by atoms with van der Waals surface area (Å²) in [7, 11) is -2.61. The van der Waals surface area contributed by atoms with Crippen molar-refractivity contribution < 1.29 is 22.7 Å². The summed E-state index contributed by atoms with van der Waals surface area (Å²) in [5, 5.41) is 13.3. The molecule has 27 heavy (non-hydrogen) atoms. The van der Waals surface area contributed by atoms with Crippen LogP contribution in [-0.2, 0) is 16.6 Å². The molecule has 0 bridgehead atoms. The van der Waals surface area contributed by atoms with E-state index in [2.05, 4.69) is 9.82 Å². The number of nitrogens with zero attached hydrogens (tertiary/aromatic N) is 2. The van der Waals surface area contributed by atoms with E-state index in [-0.39, 0.29) is 28.6 Å². The molecule has 0 saturated carbocycles. The van der Waals surface area contributed by atoms with Gasteiger partial charge in [0.05, 0.1) is 25.2 Å². The van der Waals surface area contributed by atoms with Crippen LogP contribution in [0.1, 0.15) is 5.56 Å². The minimum atomic E-state index is -4.02. The second-order valence-corrected chi connectivity index (χ2v) is 7.39. The predicted molar refractivity (Wildman–Crippen MR) is 96.6 cm³/mol. The van der Waals surface area contributed by atoms with E-state index in [0.717, 1.165) is 17.1 Å². The number of methoxy groups -OCH3 is 1. The molecular formula is C17H17FN4O4S. The molecular weight excluding hydrogens is 375 g/mol. The van der Waals surface area contributed by atoms with Crippen molar-refractivity contribution in [3.63, 3.8) is 0 Å². The molecule has 4 N–H and O–H groups in total. The Labute approximate surface area is 155 Å². The van der Waals surface area contributed by atoms with E-state index in [9.17, 15) is 17.9 Å². The number of hydrogen-bond acceptors (Lipinski definition) is 6. The zero-order valence-electron chi connectivity index (χ0n) is 14.3. The van der Waals surface area contributed by atoms with Crippen molar-refractivity contribution in [2.75, 3.05) is 12.8 Å². The Kier molecular flexibility index (Phi) is 5.02. The van der Waals surface area contributed by atoms with Gasteiger partial charge in [0.25, 0.3) is 0 Å². The van der Waals surface area contributed by atoms with Crippen molar-refractivity contribution in [3.8, 4) is 17.2 Å². The number of nitrogens with two attached hydrogens (primary N) is 1. The molecule has 0 aliphatic carbocycles. The molecule has 142 valence electrons. The highest BCUT2D eigenvalue weighted by Gasteiger charge is 2.21. The maximum absolute atomic E-state index is 13.3. The van der Waals surface area contributed by atoms with Crippen LogP contribution < -0.4 is 15.2 Å². The Balaban J connectivity index is 1.95. The fourth-order valence-electron chi connectivity index (χ4n) is 2.50. The normalized spacial score (nSPS) is 11.5. The lowest BCUT2D eigenvalue weighted by atomic mass is 10.2. The third-order valence-corrected chi connectivity index (χ3v) is 5.22. The molecule has 0 atom stereocenters. The second kappa shape index (κ2) is 7.25. The first-order valence-corrected chi connectivity index (χ1v) is 9.24. The summed E-state index contributed by atoms with van der Waals surface area (Å²) in [6, 6.07) is 8.55. The Morgan fingerprint density at radius 1 is 1.30 bits per heavy atom. The first-order chi connectivity index (χ1) is 12.8. The molecule has 0 unspecified atom stereocenters. The van der Waals surface area contributed by atoms with Crippen LogP contribution in [0.4, 0.5) is 10.1 Å². The quantitative estimate of drug-likeness (QED) is 0.550. The summed E-state index contributed by atoms with van der Waals surface area (Å²) in [5.74, 6) is -0.270. The molecule has 1 aromatic heterocycles. The van der Waals surface area contributed by atoms with Crippen LogP contribution in [0, 0.1) is 5.82 Å². The minimum Gasteiger partial charge on any atom is -0.508 e. The van der Waals surface area contributed by atoms with Gasteiger partial charge in [-0.15, -0.1) is 0 Å². The van der Waals surface area contributed by atoms with Crippen LogP contribution in [0.2, 0.25) is 0 Å². The number of hydrogen-bond donors (Lipinski definition) is 3. The number of nitrogens with one attached hydrogen (secondary N) is 1. The molecule has 0 saturated heterocycles. The molecule has 0 fully saturated rings. The van der Waals surface area contributed by atoms with E-state index in [1.165, 1.54) is 37.4 Å². The van der Waals surface area contributed by atoms with E-state index in [1.54, 1.807) is 6.07 Å². The van der Waals surface area contributed by atoms with Crippen molar-refractivity contribution in [1.29, 1.82) is 0 Å². The summed E-state index contributed by atoms with van der Waals surface area (Å²) in [6.45, 7) is -0.0898. The molecule has 2 aromatic carbocycles. The summed E-state index contributed by atoms with van der Waals surface area (Å²) in [6.07, 6.45) is 2.04. The molecule has 3 rings (SSSR count). The average molecular weight is 392 g/mol. The van der Waals surface area contributed by atoms with Gasteiger partial charge in [0.1, 0.15) is 16.4 Å². The molecule has 0 radical (unpaired) electrons. The number of sulfonamides is 1. The van der Waals surface area contributed by atoms with Gasteiger partial charge in [-0.3, -0.25) is 0 Å². The van der Waals surface area contributed by atoms with Gasteiger partial charge >= 0.3 is 0 Å². The molecule has 0 spiro atoms. The van der Waals surface area contributed by atoms with Crippen molar-refractivity contribution in [2.24, 2.45) is 0 Å². The van der Waals surface area contributed by atoms with Crippen LogP contribution >= 0.6 is 0 Å². The highest BCUT2D eigenvalue weighted by atomic mass is 32.2. The Hall–Kier alpha value is -3.11. The summed E-state index contributed by atoms with van der Waals surface area (Å²) >= 11 is 0. The summed E-state index contributed by atoms with van der Waals surface area (Å²) < 4.78 is 47.7. The number of rotatable bonds is 6. The molecule has 1 heterocycles. The van der Waals surface area contributed by atoms with Crippen LogP contribution in [0.5, 0.6) is 11.5 Å². The zero-order chi connectivity index (χ0) is 19.6. The summed E-state index contributed by atoms with van der Waals surface area (Å²) in [5.41, 5.74) is 6.64. The van der Waals surface area contributed by atoms with Crippen LogP contribution in [0.15, 0.2) is 53.7 Å². The first-order valence-electron chi connectivity index (χ1n) is 7.76. The number of nitrogen functional groups attached to an aromatic ring is 1. The number of aromatic nitrogens is 2. The first kappa shape index (κ1) is 18.7. The molecule has 3 aromatic rings. The van der Waals surface area contributed by atoms with E-state index in [1.807, 2.05) is 0 Å². The fraction of sp³-hybridized carbons (Fsp3) is 0.118. The van der Waals surface area contributed by atoms with Crippen LogP contribution in [-0.4, -0.2) is 30.4 Å². The largest absolute Gasteiger partial charge is 0.508 e. The lowest BCUT2D eigenvalue weighted by molar-refractivity contribution is 0.402. The summed E-state index contributed by atoms with van der Waals surface area (Å²) in [4.78, 5) is -0.150. The molecule has 0 amide bonds. The molecule has 0 aliphatic heterocycles. The highest BCUT2D eigenvalue weighted by molar-refractivity contribution is 7.89. The molecule has 8 nitrogen and oxygen atoms in total. The van der Waals surface area contributed by atoms with Crippen molar-refractivity contribution in [2.45, 2.75) is 11.4 Å². The third-order valence-electron chi connectivity index (χ3n) is 3.79. The SMILES string of the molecule is COc1cc(O)ccc1CNS(=O)(=O)c1cc(N)ccc1-n1cc(F)cn1. The van der Waals surface area contributed by atoms with Crippen molar-refractivity contribution in [3.05, 3.63) is 60.2 Å².